The van der Waals surface area contributed by atoms with E-state index < -0.39 is 17.9 Å². The van der Waals surface area contributed by atoms with Crippen LogP contribution in [0.25, 0.3) is 0 Å². The average Bonchev–Trinajstić information content (AvgIpc) is 2.62. The summed E-state index contributed by atoms with van der Waals surface area (Å²) in [7, 11) is 0. The molecule has 6 heteroatoms. The van der Waals surface area contributed by atoms with Crippen molar-refractivity contribution in [1.82, 2.24) is 9.88 Å². The first-order valence-corrected chi connectivity index (χ1v) is 8.23. The minimum Gasteiger partial charge on any atom is -0.481 e. The maximum atomic E-state index is 13.0. The van der Waals surface area contributed by atoms with Crippen molar-refractivity contribution in [3.05, 3.63) is 65.7 Å². The molecule has 0 bridgehead atoms. The van der Waals surface area contributed by atoms with Crippen molar-refractivity contribution in [3.63, 3.8) is 0 Å². The lowest BCUT2D eigenvalue weighted by Crippen LogP contribution is -2.46. The largest absolute Gasteiger partial charge is 0.481 e. The Balaban J connectivity index is 1.85. The molecule has 1 saturated heterocycles. The summed E-state index contributed by atoms with van der Waals surface area (Å²) in [6.07, 6.45) is 4.30. The van der Waals surface area contributed by atoms with E-state index in [2.05, 4.69) is 4.98 Å². The molecule has 2 atom stereocenters. The van der Waals surface area contributed by atoms with Gasteiger partial charge in [-0.25, -0.2) is 4.39 Å². The quantitative estimate of drug-likeness (QED) is 0.907. The van der Waals surface area contributed by atoms with Gasteiger partial charge in [-0.3, -0.25) is 14.6 Å². The molecular weight excluding hydrogens is 323 g/mol. The standard InChI is InChI=1S/C19H19FN2O3/c20-15-3-1-13(2-4-15)9-12-22-17(23)6-5-16(19(24)25)18(22)14-7-10-21-11-8-14/h1-4,7-8,10-11,16,18H,5-6,9,12H2,(H,24,25)/t16-,18+/m1/s1. The van der Waals surface area contributed by atoms with Crippen molar-refractivity contribution in [1.29, 1.82) is 0 Å². The number of hydrogen-bond donors (Lipinski definition) is 1. The average molecular weight is 342 g/mol. The summed E-state index contributed by atoms with van der Waals surface area (Å²) in [5.74, 6) is -1.91. The lowest BCUT2D eigenvalue weighted by molar-refractivity contribution is -0.152. The number of carboxylic acid groups (broad SMARTS) is 1. The molecule has 2 heterocycles. The van der Waals surface area contributed by atoms with Crippen LogP contribution in [0.15, 0.2) is 48.8 Å². The van der Waals surface area contributed by atoms with Crippen LogP contribution in [0.3, 0.4) is 0 Å². The second kappa shape index (κ2) is 7.42. The van der Waals surface area contributed by atoms with E-state index in [9.17, 15) is 19.1 Å². The number of piperidine rings is 1. The maximum Gasteiger partial charge on any atom is 0.308 e. The zero-order valence-electron chi connectivity index (χ0n) is 13.6. The van der Waals surface area contributed by atoms with Crippen LogP contribution in [0.2, 0.25) is 0 Å². The van der Waals surface area contributed by atoms with Gasteiger partial charge in [-0.2, -0.15) is 0 Å². The summed E-state index contributed by atoms with van der Waals surface area (Å²) in [5, 5.41) is 9.59. The number of pyridine rings is 1. The molecule has 130 valence electrons. The Morgan fingerprint density at radius 2 is 1.88 bits per heavy atom. The summed E-state index contributed by atoms with van der Waals surface area (Å²) in [6, 6.07) is 9.12. The van der Waals surface area contributed by atoms with Gasteiger partial charge in [0.25, 0.3) is 0 Å². The van der Waals surface area contributed by atoms with Gasteiger partial charge >= 0.3 is 5.97 Å². The highest BCUT2D eigenvalue weighted by atomic mass is 19.1. The fourth-order valence-corrected chi connectivity index (χ4v) is 3.35. The lowest BCUT2D eigenvalue weighted by atomic mass is 9.84. The Bertz CT molecular complexity index is 749. The molecule has 1 aromatic heterocycles. The fourth-order valence-electron chi connectivity index (χ4n) is 3.35. The van der Waals surface area contributed by atoms with E-state index in [-0.39, 0.29) is 18.1 Å². The van der Waals surface area contributed by atoms with Gasteiger partial charge in [0, 0.05) is 25.4 Å². The second-order valence-electron chi connectivity index (χ2n) is 6.17. The molecule has 0 aliphatic carbocycles. The van der Waals surface area contributed by atoms with Gasteiger partial charge in [-0.15, -0.1) is 0 Å². The first-order chi connectivity index (χ1) is 12.1. The van der Waals surface area contributed by atoms with Crippen molar-refractivity contribution < 1.29 is 19.1 Å². The van der Waals surface area contributed by atoms with Gasteiger partial charge in [0.15, 0.2) is 0 Å². The molecular formula is C19H19FN2O3. The predicted octanol–water partition coefficient (Wildman–Crippen LogP) is 2.83. The molecule has 0 radical (unpaired) electrons. The predicted molar refractivity (Wildman–Crippen MR) is 89.2 cm³/mol. The van der Waals surface area contributed by atoms with E-state index in [4.69, 9.17) is 0 Å². The molecule has 2 aromatic rings. The first-order valence-electron chi connectivity index (χ1n) is 8.23. The molecule has 0 unspecified atom stereocenters. The normalized spacial score (nSPS) is 20.5. The van der Waals surface area contributed by atoms with E-state index in [1.54, 1.807) is 41.6 Å². The maximum absolute atomic E-state index is 13.0. The van der Waals surface area contributed by atoms with E-state index in [1.807, 2.05) is 0 Å². The summed E-state index contributed by atoms with van der Waals surface area (Å²) in [5.41, 5.74) is 1.68. The summed E-state index contributed by atoms with van der Waals surface area (Å²) in [4.78, 5) is 29.8. The highest BCUT2D eigenvalue weighted by molar-refractivity contribution is 5.81. The molecule has 1 aliphatic heterocycles. The molecule has 0 spiro atoms. The van der Waals surface area contributed by atoms with E-state index in [1.165, 1.54) is 12.1 Å². The molecule has 1 aromatic carbocycles. The smallest absolute Gasteiger partial charge is 0.308 e. The van der Waals surface area contributed by atoms with Crippen LogP contribution in [-0.2, 0) is 16.0 Å². The molecule has 5 nitrogen and oxygen atoms in total. The van der Waals surface area contributed by atoms with E-state index in [0.29, 0.717) is 19.4 Å². The topological polar surface area (TPSA) is 70.5 Å². The number of hydrogen-bond acceptors (Lipinski definition) is 3. The number of rotatable bonds is 5. The highest BCUT2D eigenvalue weighted by Crippen LogP contribution is 2.36. The molecule has 1 fully saturated rings. The van der Waals surface area contributed by atoms with Crippen LogP contribution in [0.4, 0.5) is 4.39 Å². The zero-order chi connectivity index (χ0) is 17.8. The van der Waals surface area contributed by atoms with Gasteiger partial charge in [-0.1, -0.05) is 12.1 Å². The minimum absolute atomic E-state index is 0.0542. The number of aliphatic carboxylic acids is 1. The van der Waals surface area contributed by atoms with Crippen LogP contribution >= 0.6 is 0 Å². The van der Waals surface area contributed by atoms with Crippen molar-refractivity contribution in [2.45, 2.75) is 25.3 Å². The van der Waals surface area contributed by atoms with E-state index in [0.717, 1.165) is 11.1 Å². The van der Waals surface area contributed by atoms with E-state index >= 15 is 0 Å². The number of nitrogens with zero attached hydrogens (tertiary/aromatic N) is 2. The molecule has 1 amide bonds. The monoisotopic (exact) mass is 342 g/mol. The third kappa shape index (κ3) is 3.84. The Morgan fingerprint density at radius 3 is 2.52 bits per heavy atom. The van der Waals surface area contributed by atoms with Gasteiger partial charge in [0.2, 0.25) is 5.91 Å². The molecule has 25 heavy (non-hydrogen) atoms. The third-order valence-electron chi connectivity index (χ3n) is 4.63. The number of benzene rings is 1. The number of likely N-dealkylation sites (tertiary alicyclic amines) is 1. The molecule has 0 saturated carbocycles. The summed E-state index contributed by atoms with van der Waals surface area (Å²) < 4.78 is 13.0. The number of halogens is 1. The molecule has 3 rings (SSSR count). The molecule has 1 aliphatic rings. The number of aromatic nitrogens is 1. The van der Waals surface area contributed by atoms with Crippen LogP contribution < -0.4 is 0 Å². The summed E-state index contributed by atoms with van der Waals surface area (Å²) >= 11 is 0. The Hall–Kier alpha value is -2.76. The number of amides is 1. The number of carbonyl (C=O) groups excluding carboxylic acids is 1. The van der Waals surface area contributed by atoms with Crippen LogP contribution in [0.5, 0.6) is 0 Å². The summed E-state index contributed by atoms with van der Waals surface area (Å²) in [6.45, 7) is 0.390. The lowest BCUT2D eigenvalue weighted by Gasteiger charge is -2.39. The van der Waals surface area contributed by atoms with Crippen molar-refractivity contribution in [2.24, 2.45) is 5.92 Å². The second-order valence-corrected chi connectivity index (χ2v) is 6.17. The zero-order valence-corrected chi connectivity index (χ0v) is 13.6. The molecule has 1 N–H and O–H groups in total. The Labute approximate surface area is 145 Å². The van der Waals surface area contributed by atoms with Crippen molar-refractivity contribution >= 4 is 11.9 Å². The van der Waals surface area contributed by atoms with Gasteiger partial charge in [-0.05, 0) is 48.2 Å². The Morgan fingerprint density at radius 1 is 1.20 bits per heavy atom. The SMILES string of the molecule is O=C(O)[C@@H]1CCC(=O)N(CCc2ccc(F)cc2)[C@H]1c1ccncc1. The first kappa shape index (κ1) is 17.1. The van der Waals surface area contributed by atoms with Gasteiger partial charge in [0.05, 0.1) is 12.0 Å². The highest BCUT2D eigenvalue weighted by Gasteiger charge is 2.40. The van der Waals surface area contributed by atoms with Crippen LogP contribution in [0, 0.1) is 11.7 Å². The van der Waals surface area contributed by atoms with Crippen molar-refractivity contribution in [3.8, 4) is 0 Å². The fraction of sp³-hybridized carbons (Fsp3) is 0.316. The van der Waals surface area contributed by atoms with Gasteiger partial charge < -0.3 is 10.0 Å². The van der Waals surface area contributed by atoms with Crippen molar-refractivity contribution in [2.75, 3.05) is 6.54 Å². The third-order valence-corrected chi connectivity index (χ3v) is 4.63. The van der Waals surface area contributed by atoms with Crippen LogP contribution in [0.1, 0.15) is 30.0 Å². The minimum atomic E-state index is -0.902. The number of carboxylic acids is 1. The van der Waals surface area contributed by atoms with Crippen LogP contribution in [-0.4, -0.2) is 33.4 Å². The van der Waals surface area contributed by atoms with Gasteiger partial charge in [0.1, 0.15) is 5.82 Å². The Kier molecular flexibility index (Phi) is 5.07. The number of carbonyl (C=O) groups is 2.